The number of carbonyl (C=O) groups is 1. The van der Waals surface area contributed by atoms with Crippen molar-refractivity contribution in [3.05, 3.63) is 70.3 Å². The minimum Gasteiger partial charge on any atom is -0.487 e. The van der Waals surface area contributed by atoms with E-state index in [1.807, 2.05) is 37.3 Å². The monoisotopic (exact) mass is 626 g/mol. The molecule has 2 saturated carbocycles. The molecule has 5 atom stereocenters. The summed E-state index contributed by atoms with van der Waals surface area (Å²) in [5.74, 6) is 0.693. The molecule has 2 fully saturated rings. The van der Waals surface area contributed by atoms with Gasteiger partial charge in [0, 0.05) is 23.7 Å². The van der Waals surface area contributed by atoms with Crippen LogP contribution in [0.15, 0.2) is 48.6 Å². The SMILES string of the molecule is C[C@@H]1C/C=C/[C@H](O)[C@@H]2CC[C@H]2CN2CCCCc3cc(Cl)ccc3COc3ccc(cc32)C(=O)NS(=O)(=O)[C@@H]1CC1CC1. The van der Waals surface area contributed by atoms with Gasteiger partial charge in [-0.25, -0.2) is 13.1 Å². The molecule has 0 radical (unpaired) electrons. The van der Waals surface area contributed by atoms with Crippen molar-refractivity contribution in [3.8, 4) is 5.75 Å². The molecule has 2 bridgehead atoms. The third kappa shape index (κ3) is 7.07. The third-order valence-electron chi connectivity index (χ3n) is 9.98. The first-order chi connectivity index (χ1) is 20.7. The number of nitrogens with zero attached hydrogens (tertiary/aromatic N) is 1. The molecule has 2 aromatic rings. The van der Waals surface area contributed by atoms with Gasteiger partial charge in [0.25, 0.3) is 5.91 Å². The Balaban J connectivity index is 1.37. The summed E-state index contributed by atoms with van der Waals surface area (Å²) in [6.07, 6.45) is 11.2. The zero-order valence-electron chi connectivity index (χ0n) is 24.9. The Labute approximate surface area is 260 Å². The van der Waals surface area contributed by atoms with Crippen molar-refractivity contribution in [1.29, 1.82) is 0 Å². The van der Waals surface area contributed by atoms with Crippen LogP contribution >= 0.6 is 11.6 Å². The first kappa shape index (κ1) is 30.5. The zero-order chi connectivity index (χ0) is 30.1. The van der Waals surface area contributed by atoms with Gasteiger partial charge in [-0.05, 0) is 110 Å². The molecule has 6 rings (SSSR count). The summed E-state index contributed by atoms with van der Waals surface area (Å²) in [5.41, 5.74) is 3.34. The van der Waals surface area contributed by atoms with E-state index in [2.05, 4.69) is 9.62 Å². The van der Waals surface area contributed by atoms with Crippen molar-refractivity contribution in [3.63, 3.8) is 0 Å². The van der Waals surface area contributed by atoms with Gasteiger partial charge in [-0.15, -0.1) is 0 Å². The molecule has 2 heterocycles. The van der Waals surface area contributed by atoms with Crippen molar-refractivity contribution in [2.24, 2.45) is 23.7 Å². The summed E-state index contributed by atoms with van der Waals surface area (Å²) in [7, 11) is -3.93. The first-order valence-corrected chi connectivity index (χ1v) is 17.8. The molecule has 2 aromatic carbocycles. The first-order valence-electron chi connectivity index (χ1n) is 15.9. The van der Waals surface area contributed by atoms with E-state index in [4.69, 9.17) is 16.3 Å². The van der Waals surface area contributed by atoms with Crippen molar-refractivity contribution >= 4 is 33.2 Å². The molecular weight excluding hydrogens is 584 g/mol. The van der Waals surface area contributed by atoms with Crippen LogP contribution in [0.5, 0.6) is 5.75 Å². The van der Waals surface area contributed by atoms with Crippen LogP contribution in [0.3, 0.4) is 0 Å². The smallest absolute Gasteiger partial charge is 0.264 e. The fourth-order valence-electron chi connectivity index (χ4n) is 6.97. The number of aliphatic hydroxyl groups is 1. The summed E-state index contributed by atoms with van der Waals surface area (Å²) < 4.78 is 36.2. The second kappa shape index (κ2) is 12.8. The number of anilines is 1. The molecule has 9 heteroatoms. The van der Waals surface area contributed by atoms with Gasteiger partial charge in [-0.3, -0.25) is 4.79 Å². The Morgan fingerprint density at radius 2 is 1.91 bits per heavy atom. The summed E-state index contributed by atoms with van der Waals surface area (Å²) >= 11 is 6.32. The van der Waals surface area contributed by atoms with E-state index in [-0.39, 0.29) is 11.8 Å². The van der Waals surface area contributed by atoms with Gasteiger partial charge in [0.1, 0.15) is 12.4 Å². The number of ether oxygens (including phenoxy) is 1. The van der Waals surface area contributed by atoms with Gasteiger partial charge in [0.2, 0.25) is 10.0 Å². The molecule has 2 aliphatic carbocycles. The number of hydrogen-bond acceptors (Lipinski definition) is 6. The molecule has 0 aromatic heterocycles. The van der Waals surface area contributed by atoms with Gasteiger partial charge in [-0.2, -0.15) is 0 Å². The Morgan fingerprint density at radius 1 is 1.07 bits per heavy atom. The Hall–Kier alpha value is -2.55. The van der Waals surface area contributed by atoms with Crippen LogP contribution in [0.2, 0.25) is 5.02 Å². The van der Waals surface area contributed by atoms with Crippen LogP contribution in [0.25, 0.3) is 0 Å². The third-order valence-corrected chi connectivity index (χ3v) is 12.1. The number of aliphatic hydroxyl groups excluding tert-OH is 1. The fraction of sp³-hybridized carbons (Fsp3) is 0.559. The predicted octanol–water partition coefficient (Wildman–Crippen LogP) is 6.27. The number of aryl methyl sites for hydroxylation is 1. The molecule has 2 aliphatic heterocycles. The lowest BCUT2D eigenvalue weighted by molar-refractivity contribution is 0.0461. The van der Waals surface area contributed by atoms with Crippen molar-refractivity contribution in [2.75, 3.05) is 18.0 Å². The number of halogens is 1. The highest BCUT2D eigenvalue weighted by Gasteiger charge is 2.39. The number of carbonyl (C=O) groups excluding carboxylic acids is 1. The summed E-state index contributed by atoms with van der Waals surface area (Å²) in [4.78, 5) is 15.8. The summed E-state index contributed by atoms with van der Waals surface area (Å²) in [5, 5.41) is 11.2. The Kier molecular flexibility index (Phi) is 9.09. The predicted molar refractivity (Wildman–Crippen MR) is 170 cm³/mol. The van der Waals surface area contributed by atoms with Crippen LogP contribution in [-0.4, -0.2) is 43.9 Å². The molecule has 0 saturated heterocycles. The van der Waals surface area contributed by atoms with Gasteiger partial charge >= 0.3 is 0 Å². The van der Waals surface area contributed by atoms with Crippen LogP contribution < -0.4 is 14.4 Å². The molecule has 7 nitrogen and oxygen atoms in total. The van der Waals surface area contributed by atoms with E-state index in [1.165, 1.54) is 5.56 Å². The lowest BCUT2D eigenvalue weighted by Gasteiger charge is -2.42. The van der Waals surface area contributed by atoms with Gasteiger partial charge in [0.15, 0.2) is 0 Å². The number of amides is 1. The molecule has 232 valence electrons. The summed E-state index contributed by atoms with van der Waals surface area (Å²) in [6, 6.07) is 11.1. The van der Waals surface area contributed by atoms with Crippen LogP contribution in [0.1, 0.15) is 79.8 Å². The van der Waals surface area contributed by atoms with Gasteiger partial charge < -0.3 is 14.7 Å². The van der Waals surface area contributed by atoms with Crippen LogP contribution in [0, 0.1) is 23.7 Å². The number of rotatable bonds is 2. The average molecular weight is 627 g/mol. The topological polar surface area (TPSA) is 95.9 Å². The minimum atomic E-state index is -3.93. The maximum Gasteiger partial charge on any atom is 0.264 e. The number of benzene rings is 2. The Morgan fingerprint density at radius 3 is 2.67 bits per heavy atom. The molecule has 2 N–H and O–H groups in total. The largest absolute Gasteiger partial charge is 0.487 e. The zero-order valence-corrected chi connectivity index (χ0v) is 26.5. The molecule has 1 amide bonds. The van der Waals surface area contributed by atoms with Crippen molar-refractivity contribution in [2.45, 2.75) is 82.7 Å². The second-order valence-corrected chi connectivity index (χ2v) is 15.5. The Bertz CT molecular complexity index is 1470. The lowest BCUT2D eigenvalue weighted by Crippen LogP contribution is -2.44. The minimum absolute atomic E-state index is 0.144. The molecule has 0 spiro atoms. The maximum absolute atomic E-state index is 13.7. The van der Waals surface area contributed by atoms with Crippen molar-refractivity contribution < 1.29 is 23.1 Å². The fourth-order valence-corrected chi connectivity index (χ4v) is 8.94. The number of fused-ring (bicyclic) bond motifs is 3. The van der Waals surface area contributed by atoms with Crippen molar-refractivity contribution in [1.82, 2.24) is 4.72 Å². The lowest BCUT2D eigenvalue weighted by atomic mass is 9.70. The molecular formula is C34H43ClN2O5S. The van der Waals surface area contributed by atoms with Gasteiger partial charge in [0.05, 0.1) is 17.0 Å². The standard InChI is InChI=1S/C34H43ClN2O5S/c1-22-5-4-7-31(38)29-14-11-26(29)20-37-16-3-2-6-24-18-28(35)13-10-27(24)21-42-32-15-12-25(19-30(32)37)34(39)36-43(40,41)33(22)17-23-8-9-23/h4,7,10,12-13,15,18-19,22-23,26,29,31,33,38H,2-3,5-6,8-9,11,14,16-17,20-21H2,1H3,(H,36,39)/b7-4+/t22-,26+,29-,31+,33-/m1/s1. The van der Waals surface area contributed by atoms with Crippen LogP contribution in [-0.2, 0) is 23.1 Å². The highest BCUT2D eigenvalue weighted by molar-refractivity contribution is 7.90. The number of allylic oxidation sites excluding steroid dienone is 1. The van der Waals surface area contributed by atoms with E-state index >= 15 is 0 Å². The van der Waals surface area contributed by atoms with Crippen LogP contribution in [0.4, 0.5) is 5.69 Å². The van der Waals surface area contributed by atoms with E-state index < -0.39 is 27.3 Å². The van der Waals surface area contributed by atoms with E-state index in [0.717, 1.165) is 69.3 Å². The number of sulfonamides is 1. The molecule has 4 aliphatic rings. The number of hydrogen-bond donors (Lipinski definition) is 2. The van der Waals surface area contributed by atoms with E-state index in [1.54, 1.807) is 18.2 Å². The van der Waals surface area contributed by atoms with E-state index in [9.17, 15) is 18.3 Å². The second-order valence-electron chi connectivity index (χ2n) is 13.1. The summed E-state index contributed by atoms with van der Waals surface area (Å²) in [6.45, 7) is 3.78. The van der Waals surface area contributed by atoms with E-state index in [0.29, 0.717) is 47.6 Å². The highest BCUT2D eigenvalue weighted by atomic mass is 35.5. The van der Waals surface area contributed by atoms with Gasteiger partial charge in [-0.1, -0.05) is 49.6 Å². The quantitative estimate of drug-likeness (QED) is 0.381. The maximum atomic E-state index is 13.7. The highest BCUT2D eigenvalue weighted by Crippen LogP contribution is 2.41. The molecule has 43 heavy (non-hydrogen) atoms. The average Bonchev–Trinajstić information content (AvgIpc) is 3.78. The normalized spacial score (nSPS) is 30.3. The molecule has 0 unspecified atom stereocenters. The number of nitrogens with one attached hydrogen (secondary N) is 1.